The van der Waals surface area contributed by atoms with Gasteiger partial charge < -0.3 is 20.6 Å². The Morgan fingerprint density at radius 2 is 1.94 bits per heavy atom. The minimum absolute atomic E-state index is 0.0681. The number of carbonyl (C=O) groups excluding carboxylic acids is 1. The monoisotopic (exact) mass is 511 g/mol. The average Bonchev–Trinajstić information content (AvgIpc) is 3.41. The van der Waals surface area contributed by atoms with Gasteiger partial charge in [0, 0.05) is 10.8 Å². The van der Waals surface area contributed by atoms with E-state index in [1.54, 1.807) is 18.2 Å². The molecule has 4 N–H and O–H groups in total. The molecule has 3 aromatic heterocycles. The lowest BCUT2D eigenvalue weighted by atomic mass is 9.96. The van der Waals surface area contributed by atoms with Crippen LogP contribution in [-0.2, 0) is 12.0 Å². The maximum Gasteiger partial charge on any atom is 0.251 e. The van der Waals surface area contributed by atoms with Crippen LogP contribution in [0.15, 0.2) is 40.8 Å². The van der Waals surface area contributed by atoms with Crippen molar-refractivity contribution in [3.05, 3.63) is 76.6 Å². The van der Waals surface area contributed by atoms with Crippen molar-refractivity contribution >= 4 is 28.1 Å². The summed E-state index contributed by atoms with van der Waals surface area (Å²) in [6.45, 7) is 2.87. The standard InChI is InChI=1S/C25H23F2N5O3S/c1-25(2,34)13-8-16(26)21(17(27)9-13)18-11-15(22(28)33)24(36-18)30-19-5-3-4-14(29-19)10-20-31-32-23(35-20)12-6-7-12/h3-5,8-9,11-12,34H,6-7,10H2,1-2H3,(H2,28,33)(H,29,30). The molecule has 186 valence electrons. The molecule has 1 fully saturated rings. The first-order chi connectivity index (χ1) is 17.1. The lowest BCUT2D eigenvalue weighted by Crippen LogP contribution is -2.16. The summed E-state index contributed by atoms with van der Waals surface area (Å²) in [6, 6.07) is 8.75. The average molecular weight is 512 g/mol. The molecule has 0 spiro atoms. The van der Waals surface area contributed by atoms with Crippen LogP contribution in [0.25, 0.3) is 10.4 Å². The molecule has 0 bridgehead atoms. The minimum atomic E-state index is -1.42. The molecule has 8 nitrogen and oxygen atoms in total. The summed E-state index contributed by atoms with van der Waals surface area (Å²) in [6.07, 6.45) is 2.45. The molecule has 0 radical (unpaired) electrons. The van der Waals surface area contributed by atoms with Crippen LogP contribution in [0, 0.1) is 11.6 Å². The molecular weight excluding hydrogens is 488 g/mol. The molecule has 36 heavy (non-hydrogen) atoms. The molecule has 3 heterocycles. The van der Waals surface area contributed by atoms with Gasteiger partial charge >= 0.3 is 0 Å². The Kier molecular flexibility index (Phi) is 6.05. The van der Waals surface area contributed by atoms with Gasteiger partial charge in [-0.1, -0.05) is 6.07 Å². The van der Waals surface area contributed by atoms with E-state index in [4.69, 9.17) is 10.2 Å². The first-order valence-corrected chi connectivity index (χ1v) is 12.1. The van der Waals surface area contributed by atoms with Gasteiger partial charge in [0.1, 0.15) is 22.5 Å². The molecule has 1 amide bonds. The van der Waals surface area contributed by atoms with E-state index in [9.17, 15) is 18.7 Å². The van der Waals surface area contributed by atoms with Crippen LogP contribution < -0.4 is 11.1 Å². The van der Waals surface area contributed by atoms with Crippen molar-refractivity contribution in [2.45, 2.75) is 44.6 Å². The van der Waals surface area contributed by atoms with Crippen molar-refractivity contribution in [2.24, 2.45) is 5.73 Å². The van der Waals surface area contributed by atoms with Crippen molar-refractivity contribution in [1.29, 1.82) is 0 Å². The molecule has 4 aromatic rings. The lowest BCUT2D eigenvalue weighted by Gasteiger charge is -2.18. The molecule has 1 aliphatic rings. The highest BCUT2D eigenvalue weighted by molar-refractivity contribution is 7.20. The van der Waals surface area contributed by atoms with E-state index in [0.29, 0.717) is 40.6 Å². The molecule has 0 aliphatic heterocycles. The molecule has 0 unspecified atom stereocenters. The number of hydrogen-bond acceptors (Lipinski definition) is 8. The molecule has 1 aromatic carbocycles. The van der Waals surface area contributed by atoms with Gasteiger partial charge in [-0.15, -0.1) is 21.5 Å². The Morgan fingerprint density at radius 1 is 1.22 bits per heavy atom. The smallest absolute Gasteiger partial charge is 0.251 e. The van der Waals surface area contributed by atoms with E-state index < -0.39 is 23.1 Å². The van der Waals surface area contributed by atoms with Crippen molar-refractivity contribution in [1.82, 2.24) is 15.2 Å². The summed E-state index contributed by atoms with van der Waals surface area (Å²) >= 11 is 0.965. The van der Waals surface area contributed by atoms with Crippen molar-refractivity contribution in [2.75, 3.05) is 5.32 Å². The third-order valence-electron chi connectivity index (χ3n) is 5.78. The van der Waals surface area contributed by atoms with E-state index in [1.165, 1.54) is 19.9 Å². The van der Waals surface area contributed by atoms with Crippen LogP contribution in [0.3, 0.4) is 0 Å². The van der Waals surface area contributed by atoms with E-state index in [-0.39, 0.29) is 21.6 Å². The maximum atomic E-state index is 14.9. The number of hydrogen-bond donors (Lipinski definition) is 3. The van der Waals surface area contributed by atoms with Crippen LogP contribution in [0.1, 0.15) is 66.0 Å². The highest BCUT2D eigenvalue weighted by atomic mass is 32.1. The highest BCUT2D eigenvalue weighted by Crippen LogP contribution is 2.41. The molecule has 0 saturated heterocycles. The topological polar surface area (TPSA) is 127 Å². The maximum absolute atomic E-state index is 14.9. The number of aliphatic hydroxyl groups is 1. The van der Waals surface area contributed by atoms with Gasteiger partial charge in [-0.2, -0.15) is 0 Å². The van der Waals surface area contributed by atoms with Gasteiger partial charge in [-0.05, 0) is 62.6 Å². The number of carbonyl (C=O) groups is 1. The van der Waals surface area contributed by atoms with Gasteiger partial charge in [0.05, 0.1) is 28.8 Å². The largest absolute Gasteiger partial charge is 0.425 e. The minimum Gasteiger partial charge on any atom is -0.425 e. The van der Waals surface area contributed by atoms with Gasteiger partial charge in [0.2, 0.25) is 11.8 Å². The zero-order valence-corrected chi connectivity index (χ0v) is 20.3. The SMILES string of the molecule is CC(C)(O)c1cc(F)c(-c2cc(C(N)=O)c(Nc3cccc(Cc4nnc(C5CC5)o4)n3)s2)c(F)c1. The Hall–Kier alpha value is -3.70. The van der Waals surface area contributed by atoms with E-state index in [1.807, 2.05) is 0 Å². The van der Waals surface area contributed by atoms with Crippen molar-refractivity contribution in [3.8, 4) is 10.4 Å². The van der Waals surface area contributed by atoms with Crippen LogP contribution in [-0.4, -0.2) is 26.2 Å². The fraction of sp³-hybridized carbons (Fsp3) is 0.280. The van der Waals surface area contributed by atoms with Gasteiger partial charge in [0.25, 0.3) is 5.91 Å². The Labute approximate surface area is 209 Å². The second-order valence-corrected chi connectivity index (χ2v) is 10.3. The molecule has 1 aliphatic carbocycles. The summed E-state index contributed by atoms with van der Waals surface area (Å²) < 4.78 is 35.5. The number of primary amides is 1. The molecule has 1 saturated carbocycles. The number of halogens is 2. The van der Waals surface area contributed by atoms with E-state index in [0.717, 1.165) is 36.3 Å². The van der Waals surface area contributed by atoms with Gasteiger partial charge in [-0.25, -0.2) is 13.8 Å². The second-order valence-electron chi connectivity index (χ2n) is 9.22. The van der Waals surface area contributed by atoms with Crippen LogP contribution >= 0.6 is 11.3 Å². The molecule has 11 heteroatoms. The molecule has 5 rings (SSSR count). The molecular formula is C25H23F2N5O3S. The third kappa shape index (κ3) is 4.98. The number of thiophene rings is 1. The van der Waals surface area contributed by atoms with Gasteiger partial charge in [-0.3, -0.25) is 4.79 Å². The normalized spacial score (nSPS) is 13.7. The summed E-state index contributed by atoms with van der Waals surface area (Å²) in [4.78, 5) is 16.8. The third-order valence-corrected chi connectivity index (χ3v) is 6.85. The number of nitrogens with one attached hydrogen (secondary N) is 1. The predicted octanol–water partition coefficient (Wildman–Crippen LogP) is 5.01. The quantitative estimate of drug-likeness (QED) is 0.303. The summed E-state index contributed by atoms with van der Waals surface area (Å²) in [5.74, 6) is -0.618. The summed E-state index contributed by atoms with van der Waals surface area (Å²) in [5.41, 5.74) is 4.63. The number of anilines is 2. The fourth-order valence-electron chi connectivity index (χ4n) is 3.70. The van der Waals surface area contributed by atoms with Crippen LogP contribution in [0.4, 0.5) is 19.6 Å². The van der Waals surface area contributed by atoms with Crippen molar-refractivity contribution < 1.29 is 23.1 Å². The zero-order valence-electron chi connectivity index (χ0n) is 19.5. The first-order valence-electron chi connectivity index (χ1n) is 11.3. The summed E-state index contributed by atoms with van der Waals surface area (Å²) in [7, 11) is 0. The molecule has 0 atom stereocenters. The lowest BCUT2D eigenvalue weighted by molar-refractivity contribution is 0.0778. The fourth-order valence-corrected chi connectivity index (χ4v) is 4.82. The second kappa shape index (κ2) is 9.07. The van der Waals surface area contributed by atoms with E-state index >= 15 is 0 Å². The van der Waals surface area contributed by atoms with Crippen LogP contribution in [0.2, 0.25) is 0 Å². The van der Waals surface area contributed by atoms with E-state index in [2.05, 4.69) is 20.5 Å². The number of amides is 1. The van der Waals surface area contributed by atoms with Crippen LogP contribution in [0.5, 0.6) is 0 Å². The Balaban J connectivity index is 1.42. The zero-order chi connectivity index (χ0) is 25.6. The van der Waals surface area contributed by atoms with Gasteiger partial charge in [0.15, 0.2) is 0 Å². The number of pyridine rings is 1. The number of benzene rings is 1. The first kappa shape index (κ1) is 24.0. The van der Waals surface area contributed by atoms with Crippen molar-refractivity contribution in [3.63, 3.8) is 0 Å². The predicted molar refractivity (Wildman–Crippen MR) is 130 cm³/mol. The Morgan fingerprint density at radius 3 is 2.58 bits per heavy atom. The summed E-state index contributed by atoms with van der Waals surface area (Å²) in [5, 5.41) is 21.6. The highest BCUT2D eigenvalue weighted by Gasteiger charge is 2.29. The number of rotatable bonds is 8. The number of aromatic nitrogens is 3. The number of nitrogens with two attached hydrogens (primary N) is 1. The Bertz CT molecular complexity index is 1430. The number of nitrogens with zero attached hydrogens (tertiary/aromatic N) is 3.